The summed E-state index contributed by atoms with van der Waals surface area (Å²) in [7, 11) is 0. The molecule has 2 rings (SSSR count). The smallest absolute Gasteiger partial charge is 0.0648 e. The summed E-state index contributed by atoms with van der Waals surface area (Å²) in [5.74, 6) is 0. The molecule has 0 spiro atoms. The van der Waals surface area contributed by atoms with Gasteiger partial charge in [0, 0.05) is 15.0 Å². The Morgan fingerprint density at radius 2 is 1.78 bits per heavy atom. The molecule has 0 saturated carbocycles. The number of hydrogen-bond donors (Lipinski definition) is 1. The van der Waals surface area contributed by atoms with Crippen LogP contribution >= 0.6 is 43.5 Å². The van der Waals surface area contributed by atoms with E-state index < -0.39 is 0 Å². The summed E-state index contributed by atoms with van der Waals surface area (Å²) in [4.78, 5) is 0. The largest absolute Gasteiger partial charge is 0.377 e. The summed E-state index contributed by atoms with van der Waals surface area (Å²) in [5.41, 5.74) is 2.15. The zero-order valence-corrected chi connectivity index (χ0v) is 13.7. The lowest BCUT2D eigenvalue weighted by atomic mass is 10.1. The zero-order valence-electron chi connectivity index (χ0n) is 9.75. The summed E-state index contributed by atoms with van der Waals surface area (Å²) < 4.78 is 2.06. The lowest BCUT2D eigenvalue weighted by Gasteiger charge is -2.17. The average molecular weight is 390 g/mol. The number of benzene rings is 2. The van der Waals surface area contributed by atoms with Gasteiger partial charge in [0.2, 0.25) is 0 Å². The van der Waals surface area contributed by atoms with E-state index in [-0.39, 0.29) is 6.04 Å². The normalized spacial score (nSPS) is 12.2. The van der Waals surface area contributed by atoms with Gasteiger partial charge in [0.1, 0.15) is 0 Å². The fourth-order valence-electron chi connectivity index (χ4n) is 1.70. The van der Waals surface area contributed by atoms with Crippen molar-refractivity contribution in [2.45, 2.75) is 13.0 Å². The van der Waals surface area contributed by atoms with Crippen LogP contribution in [0.25, 0.3) is 0 Å². The van der Waals surface area contributed by atoms with Crippen molar-refractivity contribution >= 4 is 49.1 Å². The van der Waals surface area contributed by atoms with Crippen molar-refractivity contribution in [3.63, 3.8) is 0 Å². The molecule has 0 radical (unpaired) electrons. The van der Waals surface area contributed by atoms with Crippen LogP contribution in [0.2, 0.25) is 5.02 Å². The number of hydrogen-bond acceptors (Lipinski definition) is 1. The molecule has 0 aliphatic rings. The van der Waals surface area contributed by atoms with E-state index in [1.165, 1.54) is 5.56 Å². The third kappa shape index (κ3) is 3.50. The first kappa shape index (κ1) is 13.9. The van der Waals surface area contributed by atoms with Gasteiger partial charge in [0.15, 0.2) is 0 Å². The van der Waals surface area contributed by atoms with Crippen molar-refractivity contribution in [1.82, 2.24) is 0 Å². The maximum Gasteiger partial charge on any atom is 0.0648 e. The van der Waals surface area contributed by atoms with Crippen LogP contribution in [0.4, 0.5) is 5.69 Å². The molecule has 1 N–H and O–H groups in total. The molecule has 0 aromatic heterocycles. The minimum Gasteiger partial charge on any atom is -0.377 e. The Balaban J connectivity index is 2.18. The van der Waals surface area contributed by atoms with Crippen LogP contribution in [0, 0.1) is 0 Å². The molecule has 1 unspecified atom stereocenters. The molecular weight excluding hydrogens is 377 g/mol. The fourth-order valence-corrected chi connectivity index (χ4v) is 2.84. The number of rotatable bonds is 3. The van der Waals surface area contributed by atoms with Crippen molar-refractivity contribution in [3.05, 3.63) is 62.0 Å². The van der Waals surface area contributed by atoms with Crippen LogP contribution in [0.15, 0.2) is 51.4 Å². The highest BCUT2D eigenvalue weighted by Gasteiger charge is 2.08. The second-order valence-corrected chi connectivity index (χ2v) is 6.28. The van der Waals surface area contributed by atoms with Crippen LogP contribution < -0.4 is 5.32 Å². The van der Waals surface area contributed by atoms with Crippen molar-refractivity contribution in [2.24, 2.45) is 0 Å². The molecule has 0 heterocycles. The first-order chi connectivity index (χ1) is 8.56. The molecule has 1 atom stereocenters. The van der Waals surface area contributed by atoms with Gasteiger partial charge in [0.05, 0.1) is 10.7 Å². The monoisotopic (exact) mass is 387 g/mol. The molecule has 0 amide bonds. The van der Waals surface area contributed by atoms with Crippen molar-refractivity contribution in [2.75, 3.05) is 5.32 Å². The minimum absolute atomic E-state index is 0.196. The average Bonchev–Trinajstić information content (AvgIpc) is 2.32. The van der Waals surface area contributed by atoms with Crippen LogP contribution in [-0.4, -0.2) is 0 Å². The third-order valence-corrected chi connectivity index (χ3v) is 3.95. The Labute approximate surface area is 129 Å². The minimum atomic E-state index is 0.196. The van der Waals surface area contributed by atoms with E-state index in [4.69, 9.17) is 11.6 Å². The number of anilines is 1. The van der Waals surface area contributed by atoms with Gasteiger partial charge in [-0.05, 0) is 42.8 Å². The Kier molecular flexibility index (Phi) is 4.71. The summed E-state index contributed by atoms with van der Waals surface area (Å²) in [6, 6.07) is 14.3. The van der Waals surface area contributed by atoms with Gasteiger partial charge in [-0.15, -0.1) is 0 Å². The van der Waals surface area contributed by atoms with Gasteiger partial charge in [-0.1, -0.05) is 55.6 Å². The molecule has 94 valence electrons. The van der Waals surface area contributed by atoms with E-state index in [1.54, 1.807) is 0 Å². The second-order valence-electron chi connectivity index (χ2n) is 4.05. The van der Waals surface area contributed by atoms with Gasteiger partial charge >= 0.3 is 0 Å². The summed E-state index contributed by atoms with van der Waals surface area (Å²) in [6.45, 7) is 2.11. The predicted molar refractivity (Wildman–Crippen MR) is 85.3 cm³/mol. The molecule has 0 saturated heterocycles. The standard InChI is InChI=1S/C14H12Br2ClN/c1-9(10-3-2-4-11(15)7-10)18-14-6-5-12(16)8-13(14)17/h2-9,18H,1H3. The molecule has 2 aromatic rings. The Morgan fingerprint density at radius 3 is 2.44 bits per heavy atom. The fraction of sp³-hybridized carbons (Fsp3) is 0.143. The van der Waals surface area contributed by atoms with Gasteiger partial charge < -0.3 is 5.32 Å². The molecule has 0 aliphatic heterocycles. The number of nitrogens with one attached hydrogen (secondary N) is 1. The van der Waals surface area contributed by atoms with Gasteiger partial charge in [-0.3, -0.25) is 0 Å². The SMILES string of the molecule is CC(Nc1ccc(Br)cc1Cl)c1cccc(Br)c1. The van der Waals surface area contributed by atoms with Crippen molar-refractivity contribution in [1.29, 1.82) is 0 Å². The first-order valence-corrected chi connectivity index (χ1v) is 7.50. The maximum atomic E-state index is 6.19. The van der Waals surface area contributed by atoms with Crippen LogP contribution in [-0.2, 0) is 0 Å². The third-order valence-electron chi connectivity index (χ3n) is 2.65. The van der Waals surface area contributed by atoms with E-state index in [1.807, 2.05) is 30.3 Å². The van der Waals surface area contributed by atoms with E-state index in [2.05, 4.69) is 56.2 Å². The highest BCUT2D eigenvalue weighted by molar-refractivity contribution is 9.10. The lowest BCUT2D eigenvalue weighted by molar-refractivity contribution is 0.884. The van der Waals surface area contributed by atoms with Gasteiger partial charge in [-0.25, -0.2) is 0 Å². The highest BCUT2D eigenvalue weighted by Crippen LogP contribution is 2.29. The van der Waals surface area contributed by atoms with Gasteiger partial charge in [-0.2, -0.15) is 0 Å². The quantitative estimate of drug-likeness (QED) is 0.675. The molecule has 18 heavy (non-hydrogen) atoms. The molecule has 0 fully saturated rings. The molecule has 0 aliphatic carbocycles. The van der Waals surface area contributed by atoms with E-state index >= 15 is 0 Å². The Hall–Kier alpha value is -0.510. The van der Waals surface area contributed by atoms with Crippen LogP contribution in [0.3, 0.4) is 0 Å². The Bertz CT molecular complexity index is 557. The summed E-state index contributed by atoms with van der Waals surface area (Å²) in [5, 5.41) is 4.12. The molecule has 4 heteroatoms. The lowest BCUT2D eigenvalue weighted by Crippen LogP contribution is -2.06. The van der Waals surface area contributed by atoms with Crippen molar-refractivity contribution < 1.29 is 0 Å². The predicted octanol–water partition coefficient (Wildman–Crippen LogP) is 6.04. The molecular formula is C14H12Br2ClN. The topological polar surface area (TPSA) is 12.0 Å². The van der Waals surface area contributed by atoms with E-state index in [9.17, 15) is 0 Å². The highest BCUT2D eigenvalue weighted by atomic mass is 79.9. The molecule has 0 bridgehead atoms. The zero-order chi connectivity index (χ0) is 13.1. The maximum absolute atomic E-state index is 6.19. The molecule has 2 aromatic carbocycles. The van der Waals surface area contributed by atoms with Crippen LogP contribution in [0.1, 0.15) is 18.5 Å². The van der Waals surface area contributed by atoms with Gasteiger partial charge in [0.25, 0.3) is 0 Å². The van der Waals surface area contributed by atoms with Crippen molar-refractivity contribution in [3.8, 4) is 0 Å². The second kappa shape index (κ2) is 6.09. The number of halogens is 3. The summed E-state index contributed by atoms with van der Waals surface area (Å²) in [6.07, 6.45) is 0. The van der Waals surface area contributed by atoms with E-state index in [0.29, 0.717) is 5.02 Å². The van der Waals surface area contributed by atoms with Crippen LogP contribution in [0.5, 0.6) is 0 Å². The van der Waals surface area contributed by atoms with E-state index in [0.717, 1.165) is 14.6 Å². The molecule has 1 nitrogen and oxygen atoms in total. The first-order valence-electron chi connectivity index (χ1n) is 5.53. The summed E-state index contributed by atoms with van der Waals surface area (Å²) >= 11 is 13.1. The Morgan fingerprint density at radius 1 is 1.06 bits per heavy atom.